The number of benzene rings is 1. The number of nitrogens with zero attached hydrogens (tertiary/aromatic N) is 1. The molecule has 0 aromatic heterocycles. The third-order valence-electron chi connectivity index (χ3n) is 1.91. The van der Waals surface area contributed by atoms with Gasteiger partial charge < -0.3 is 9.47 Å². The molecule has 7 heteroatoms. The lowest BCUT2D eigenvalue weighted by molar-refractivity contribution is -0.385. The lowest BCUT2D eigenvalue weighted by Gasteiger charge is -2.07. The summed E-state index contributed by atoms with van der Waals surface area (Å²) >= 11 is 5.28. The Labute approximate surface area is 95.9 Å². The topological polar surface area (TPSA) is 78.7 Å². The minimum atomic E-state index is -0.831. The van der Waals surface area contributed by atoms with E-state index in [1.54, 1.807) is 0 Å². The molecule has 6 nitrogen and oxygen atoms in total. The van der Waals surface area contributed by atoms with Crippen molar-refractivity contribution >= 4 is 22.5 Å². The number of nitro groups is 1. The van der Waals surface area contributed by atoms with Crippen molar-refractivity contribution in [2.75, 3.05) is 14.2 Å². The lowest BCUT2D eigenvalue weighted by Crippen LogP contribution is -2.00. The van der Waals surface area contributed by atoms with Gasteiger partial charge in [0.15, 0.2) is 0 Å². The SMILES string of the molecule is COc1cc(OC)c([N+](=O)[O-])cc1C(=O)Cl. The van der Waals surface area contributed by atoms with Crippen LogP contribution in [0.2, 0.25) is 0 Å². The van der Waals surface area contributed by atoms with Crippen LogP contribution in [-0.4, -0.2) is 24.4 Å². The molecule has 0 unspecified atom stereocenters. The van der Waals surface area contributed by atoms with E-state index in [9.17, 15) is 14.9 Å². The molecule has 1 aromatic rings. The second-order valence-corrected chi connectivity index (χ2v) is 3.10. The van der Waals surface area contributed by atoms with E-state index in [1.165, 1.54) is 20.3 Å². The standard InChI is InChI=1S/C9H8ClNO5/c1-15-7-4-8(16-2)6(11(13)14)3-5(7)9(10)12/h3-4H,1-2H3. The Balaban J connectivity index is 3.46. The van der Waals surface area contributed by atoms with Crippen LogP contribution < -0.4 is 9.47 Å². The first-order valence-electron chi connectivity index (χ1n) is 4.11. The van der Waals surface area contributed by atoms with Gasteiger partial charge in [0.2, 0.25) is 5.75 Å². The molecule has 0 saturated heterocycles. The highest BCUT2D eigenvalue weighted by molar-refractivity contribution is 6.68. The van der Waals surface area contributed by atoms with Crippen molar-refractivity contribution < 1.29 is 19.2 Å². The van der Waals surface area contributed by atoms with E-state index in [1.807, 2.05) is 0 Å². The van der Waals surface area contributed by atoms with Crippen LogP contribution in [0.3, 0.4) is 0 Å². The molecule has 0 bridgehead atoms. The summed E-state index contributed by atoms with van der Waals surface area (Å²) in [4.78, 5) is 21.0. The lowest BCUT2D eigenvalue weighted by atomic mass is 10.2. The van der Waals surface area contributed by atoms with Crippen molar-refractivity contribution in [3.63, 3.8) is 0 Å². The van der Waals surface area contributed by atoms with Crippen molar-refractivity contribution in [2.24, 2.45) is 0 Å². The maximum atomic E-state index is 11.0. The van der Waals surface area contributed by atoms with Gasteiger partial charge in [-0.25, -0.2) is 0 Å². The van der Waals surface area contributed by atoms with Crippen molar-refractivity contribution in [3.05, 3.63) is 27.8 Å². The predicted octanol–water partition coefficient (Wildman–Crippen LogP) is 1.99. The molecule has 0 N–H and O–H groups in total. The Hall–Kier alpha value is -1.82. The van der Waals surface area contributed by atoms with Crippen LogP contribution in [-0.2, 0) is 0 Å². The van der Waals surface area contributed by atoms with Gasteiger partial charge in [0.1, 0.15) is 5.75 Å². The molecule has 0 aliphatic rings. The first-order valence-corrected chi connectivity index (χ1v) is 4.49. The molecule has 0 aliphatic carbocycles. The van der Waals surface area contributed by atoms with E-state index < -0.39 is 10.2 Å². The molecule has 16 heavy (non-hydrogen) atoms. The smallest absolute Gasteiger partial charge is 0.311 e. The van der Waals surface area contributed by atoms with E-state index in [0.717, 1.165) is 6.07 Å². The minimum Gasteiger partial charge on any atom is -0.496 e. The van der Waals surface area contributed by atoms with Crippen LogP contribution in [0.4, 0.5) is 5.69 Å². The van der Waals surface area contributed by atoms with Crippen LogP contribution >= 0.6 is 11.6 Å². The van der Waals surface area contributed by atoms with Crippen LogP contribution in [0.1, 0.15) is 10.4 Å². The molecule has 1 rings (SSSR count). The zero-order chi connectivity index (χ0) is 12.3. The van der Waals surface area contributed by atoms with Gasteiger partial charge in [-0.2, -0.15) is 0 Å². The molecule has 86 valence electrons. The molecule has 0 saturated carbocycles. The molecule has 0 spiro atoms. The second kappa shape index (κ2) is 4.80. The van der Waals surface area contributed by atoms with Gasteiger partial charge in [-0.3, -0.25) is 14.9 Å². The number of ether oxygens (including phenoxy) is 2. The summed E-state index contributed by atoms with van der Waals surface area (Å²) in [6, 6.07) is 2.26. The monoisotopic (exact) mass is 245 g/mol. The quantitative estimate of drug-likeness (QED) is 0.460. The van der Waals surface area contributed by atoms with Gasteiger partial charge in [-0.1, -0.05) is 0 Å². The van der Waals surface area contributed by atoms with E-state index >= 15 is 0 Å². The number of hydrogen-bond donors (Lipinski definition) is 0. The average molecular weight is 246 g/mol. The number of halogens is 1. The second-order valence-electron chi connectivity index (χ2n) is 2.76. The first kappa shape index (κ1) is 12.3. The minimum absolute atomic E-state index is 0.00326. The van der Waals surface area contributed by atoms with Crippen LogP contribution in [0, 0.1) is 10.1 Å². The molecular weight excluding hydrogens is 238 g/mol. The Bertz CT molecular complexity index is 409. The molecular formula is C9H8ClNO5. The number of hydrogen-bond acceptors (Lipinski definition) is 5. The van der Waals surface area contributed by atoms with Crippen LogP contribution in [0.5, 0.6) is 11.5 Å². The Morgan fingerprint density at radius 1 is 1.31 bits per heavy atom. The van der Waals surface area contributed by atoms with E-state index in [0.29, 0.717) is 0 Å². The molecule has 0 radical (unpaired) electrons. The number of carbonyl (C=O) groups is 1. The molecule has 1 aromatic carbocycles. The van der Waals surface area contributed by atoms with Crippen molar-refractivity contribution in [2.45, 2.75) is 0 Å². The van der Waals surface area contributed by atoms with Crippen LogP contribution in [0.15, 0.2) is 12.1 Å². The largest absolute Gasteiger partial charge is 0.496 e. The van der Waals surface area contributed by atoms with E-state index in [2.05, 4.69) is 0 Å². The summed E-state index contributed by atoms with van der Waals surface area (Å²) < 4.78 is 9.68. The van der Waals surface area contributed by atoms with Gasteiger partial charge in [0.25, 0.3) is 5.24 Å². The van der Waals surface area contributed by atoms with Gasteiger partial charge in [-0.05, 0) is 11.6 Å². The number of methoxy groups -OCH3 is 2. The summed E-state index contributed by atoms with van der Waals surface area (Å²) in [6.07, 6.45) is 0. The van der Waals surface area contributed by atoms with Crippen LogP contribution in [0.25, 0.3) is 0 Å². The fraction of sp³-hybridized carbons (Fsp3) is 0.222. The highest BCUT2D eigenvalue weighted by Crippen LogP contribution is 2.34. The summed E-state index contributed by atoms with van der Waals surface area (Å²) in [5, 5.41) is 9.85. The Morgan fingerprint density at radius 3 is 2.25 bits per heavy atom. The molecule has 0 heterocycles. The fourth-order valence-corrected chi connectivity index (χ4v) is 1.33. The van der Waals surface area contributed by atoms with Gasteiger partial charge in [-0.15, -0.1) is 0 Å². The molecule has 0 amide bonds. The molecule has 0 atom stereocenters. The van der Waals surface area contributed by atoms with Crippen molar-refractivity contribution in [3.8, 4) is 11.5 Å². The molecule has 0 aliphatic heterocycles. The van der Waals surface area contributed by atoms with E-state index in [4.69, 9.17) is 21.1 Å². The van der Waals surface area contributed by atoms with Gasteiger partial charge in [0, 0.05) is 12.1 Å². The fourth-order valence-electron chi connectivity index (χ4n) is 1.18. The molecule has 0 fully saturated rings. The number of rotatable bonds is 4. The maximum Gasteiger partial charge on any atom is 0.311 e. The van der Waals surface area contributed by atoms with Crippen molar-refractivity contribution in [1.29, 1.82) is 0 Å². The summed E-state index contributed by atoms with van der Waals surface area (Å²) in [6.45, 7) is 0. The third kappa shape index (κ3) is 2.22. The highest BCUT2D eigenvalue weighted by atomic mass is 35.5. The number of carbonyl (C=O) groups excluding carboxylic acids is 1. The first-order chi connectivity index (χ1) is 7.51. The summed E-state index contributed by atoms with van der Waals surface area (Å²) in [7, 11) is 2.61. The highest BCUT2D eigenvalue weighted by Gasteiger charge is 2.22. The normalized spacial score (nSPS) is 9.69. The predicted molar refractivity (Wildman–Crippen MR) is 56.4 cm³/mol. The zero-order valence-corrected chi connectivity index (χ0v) is 9.28. The Morgan fingerprint density at radius 2 is 1.88 bits per heavy atom. The van der Waals surface area contributed by atoms with E-state index in [-0.39, 0.29) is 22.7 Å². The zero-order valence-electron chi connectivity index (χ0n) is 8.52. The van der Waals surface area contributed by atoms with Gasteiger partial charge >= 0.3 is 5.69 Å². The van der Waals surface area contributed by atoms with Gasteiger partial charge in [0.05, 0.1) is 24.7 Å². The number of nitro benzene ring substituents is 1. The summed E-state index contributed by atoms with van der Waals surface area (Å²) in [5.74, 6) is 0.131. The summed E-state index contributed by atoms with van der Waals surface area (Å²) in [5.41, 5.74) is -0.413. The maximum absolute atomic E-state index is 11.0. The third-order valence-corrected chi connectivity index (χ3v) is 2.11. The Kier molecular flexibility index (Phi) is 3.68. The van der Waals surface area contributed by atoms with Crippen molar-refractivity contribution in [1.82, 2.24) is 0 Å². The average Bonchev–Trinajstić information content (AvgIpc) is 2.26.